The Morgan fingerprint density at radius 3 is 0.580 bits per heavy atom. The van der Waals surface area contributed by atoms with Crippen LogP contribution in [0.3, 0.4) is 0 Å². The lowest BCUT2D eigenvalue weighted by molar-refractivity contribution is -0.145. The summed E-state index contributed by atoms with van der Waals surface area (Å²) in [6, 6.07) is 18.0. The number of hydrogen-bond donors (Lipinski definition) is 4. The normalized spacial score (nSPS) is 13.1. The van der Waals surface area contributed by atoms with Crippen molar-refractivity contribution in [3.05, 3.63) is 115 Å². The van der Waals surface area contributed by atoms with Crippen molar-refractivity contribution in [2.45, 2.75) is 492 Å². The van der Waals surface area contributed by atoms with Gasteiger partial charge in [-0.05, 0) is 174 Å². The fourth-order valence-electron chi connectivity index (χ4n) is 17.0. The molecule has 4 aromatic rings. The summed E-state index contributed by atoms with van der Waals surface area (Å²) in [7, 11) is 0. The predicted molar refractivity (Wildman–Crippen MR) is 485 cm³/mol. The Morgan fingerprint density at radius 1 is 0.259 bits per heavy atom. The largest absolute Gasteiger partial charge is 0.507 e. The number of carbonyl (C=O) groups is 2. The highest BCUT2D eigenvalue weighted by atomic mass is 16.3. The molecule has 0 radical (unpaired) electrons. The molecule has 0 aliphatic heterocycles. The molecule has 0 atom stereocenters. The van der Waals surface area contributed by atoms with Gasteiger partial charge in [-0.15, -0.1) is 0 Å². The molecule has 0 fully saturated rings. The van der Waals surface area contributed by atoms with Crippen LogP contribution in [0.2, 0.25) is 0 Å². The minimum Gasteiger partial charge on any atom is -0.507 e. The van der Waals surface area contributed by atoms with Gasteiger partial charge in [0, 0.05) is 38.0 Å². The number of amides is 2. The molecule has 638 valence electrons. The number of aromatic hydroxyl groups is 4. The molecule has 112 heavy (non-hydrogen) atoms. The lowest BCUT2D eigenvalue weighted by atomic mass is 9.77. The maximum Gasteiger partial charge on any atom is 0.229 e. The summed E-state index contributed by atoms with van der Waals surface area (Å²) in [4.78, 5) is 35.5. The van der Waals surface area contributed by atoms with E-state index in [-0.39, 0.29) is 73.8 Å². The lowest BCUT2D eigenvalue weighted by Crippen LogP contribution is -2.50. The van der Waals surface area contributed by atoms with Crippen LogP contribution in [0.4, 0.5) is 0 Å². The summed E-state index contributed by atoms with van der Waals surface area (Å²) < 4.78 is 0. The van der Waals surface area contributed by atoms with E-state index in [4.69, 9.17) is 0 Å². The fourth-order valence-corrected chi connectivity index (χ4v) is 17.0. The molecule has 4 rings (SSSR count). The van der Waals surface area contributed by atoms with Crippen molar-refractivity contribution in [3.63, 3.8) is 0 Å². The van der Waals surface area contributed by atoms with E-state index in [0.717, 1.165) is 134 Å². The Kier molecular flexibility index (Phi) is 41.2. The van der Waals surface area contributed by atoms with Gasteiger partial charge in [-0.2, -0.15) is 0 Å². The fraction of sp³-hybridized carbons (Fsp3) is 0.750. The average Bonchev–Trinajstić information content (AvgIpc) is 0.805. The van der Waals surface area contributed by atoms with Gasteiger partial charge in [0.1, 0.15) is 23.0 Å². The van der Waals surface area contributed by atoms with E-state index >= 15 is 9.59 Å². The number of carbonyl (C=O) groups excluding carboxylic acids is 2. The molecule has 4 aromatic carbocycles. The van der Waals surface area contributed by atoms with Crippen LogP contribution >= 0.6 is 0 Å². The van der Waals surface area contributed by atoms with Gasteiger partial charge in [0.05, 0.1) is 0 Å². The van der Waals surface area contributed by atoms with Gasteiger partial charge in [0.25, 0.3) is 0 Å². The molecule has 0 unspecified atom stereocenters. The number of nitrogens with zero attached hydrogens (tertiary/aromatic N) is 2. The quantitative estimate of drug-likeness (QED) is 0.0325. The molecular formula is C104H176N2O6. The van der Waals surface area contributed by atoms with E-state index in [1.165, 1.54) is 176 Å². The van der Waals surface area contributed by atoms with Gasteiger partial charge >= 0.3 is 0 Å². The van der Waals surface area contributed by atoms with Crippen molar-refractivity contribution in [1.82, 2.24) is 9.80 Å². The maximum absolute atomic E-state index is 15.5. The summed E-state index contributed by atoms with van der Waals surface area (Å²) in [5.74, 6) is 1.41. The third-order valence-corrected chi connectivity index (χ3v) is 24.3. The predicted octanol–water partition coefficient (Wildman–Crippen LogP) is 29.6. The number of phenolic OH excluding ortho intramolecular Hbond substituents is 4. The van der Waals surface area contributed by atoms with E-state index in [2.05, 4.69) is 233 Å². The van der Waals surface area contributed by atoms with Crippen LogP contribution < -0.4 is 0 Å². The van der Waals surface area contributed by atoms with Gasteiger partial charge in [0.15, 0.2) is 0 Å². The van der Waals surface area contributed by atoms with E-state index < -0.39 is 0 Å². The zero-order valence-corrected chi connectivity index (χ0v) is 78.0. The smallest absolute Gasteiger partial charge is 0.229 e. The minimum absolute atomic E-state index is 0.0437. The Balaban J connectivity index is 2.00. The topological polar surface area (TPSA) is 122 Å². The molecule has 0 aromatic heterocycles. The van der Waals surface area contributed by atoms with Crippen LogP contribution in [0, 0.1) is 0 Å². The summed E-state index contributed by atoms with van der Waals surface area (Å²) in [5.41, 5.74) is 9.71. The van der Waals surface area contributed by atoms with Crippen molar-refractivity contribution in [3.8, 4) is 23.0 Å². The summed E-state index contributed by atoms with van der Waals surface area (Å²) in [5, 5.41) is 48.9. The van der Waals surface area contributed by atoms with Gasteiger partial charge in [-0.1, -0.05) is 408 Å². The number of rotatable bonds is 49. The van der Waals surface area contributed by atoms with Gasteiger partial charge < -0.3 is 20.4 Å². The molecule has 0 saturated carbocycles. The van der Waals surface area contributed by atoms with Gasteiger partial charge in [-0.3, -0.25) is 19.4 Å². The maximum atomic E-state index is 15.5. The highest BCUT2D eigenvalue weighted by Gasteiger charge is 2.35. The number of phenols is 4. The molecule has 4 N–H and O–H groups in total. The monoisotopic (exact) mass is 1550 g/mol. The van der Waals surface area contributed by atoms with Crippen LogP contribution in [-0.2, 0) is 78.6 Å². The molecule has 0 aliphatic carbocycles. The molecule has 0 heterocycles. The molecule has 0 spiro atoms. The average molecular weight is 1550 g/mol. The molecule has 8 heteroatoms. The molecule has 0 saturated heterocycles. The summed E-state index contributed by atoms with van der Waals surface area (Å²) >= 11 is 0. The van der Waals surface area contributed by atoms with Gasteiger partial charge in [0.2, 0.25) is 11.8 Å². The Morgan fingerprint density at radius 2 is 0.420 bits per heavy atom. The third-order valence-electron chi connectivity index (χ3n) is 24.3. The Bertz CT molecular complexity index is 2870. The molecule has 0 bridgehead atoms. The highest BCUT2D eigenvalue weighted by molar-refractivity contribution is 5.95. The number of benzene rings is 4. The molecule has 0 aliphatic rings. The van der Waals surface area contributed by atoms with Gasteiger partial charge in [-0.25, -0.2) is 0 Å². The second-order valence-corrected chi connectivity index (χ2v) is 43.2. The second-order valence-electron chi connectivity index (χ2n) is 43.2. The standard InChI is InChI=1S/C104H176N2O6/c1-27-29-31-33-35-37-39-41-43-45-47-49-51-53-55-57-91(107)106(92(108)58-56-54-52-50-48-46-44-42-40-38-36-34-32-30-28-2)68-67-105(81(63-59-77-69-83(97(3,4)5)93(109)84(70-77)98(6,7)8)64-60-78-71-85(99(9,10)11)94(110)86(72-78)100(12,13)14)82(65-61-79-73-87(101(15,16)17)95(111)88(74-79)102(18,19)20)66-62-80-75-89(103(21,22)23)96(112)90(76-80)104(24,25)26/h69-76,81-82,109-112H,27-68H2,1-26H3. The third kappa shape index (κ3) is 34.4. The summed E-state index contributed by atoms with van der Waals surface area (Å²) in [6.07, 6.45) is 44.1. The highest BCUT2D eigenvalue weighted by Crippen LogP contribution is 2.46. The van der Waals surface area contributed by atoms with E-state index in [1.807, 2.05) is 0 Å². The lowest BCUT2D eigenvalue weighted by Gasteiger charge is -2.40. The first-order chi connectivity index (χ1) is 52.1. The zero-order chi connectivity index (χ0) is 84.1. The van der Waals surface area contributed by atoms with E-state index in [0.29, 0.717) is 42.4 Å². The van der Waals surface area contributed by atoms with Crippen LogP contribution in [0.5, 0.6) is 23.0 Å². The first-order valence-corrected chi connectivity index (χ1v) is 46.2. The summed E-state index contributed by atoms with van der Waals surface area (Å²) in [6.45, 7) is 58.1. The first kappa shape index (κ1) is 99.5. The van der Waals surface area contributed by atoms with Crippen LogP contribution in [0.15, 0.2) is 48.5 Å². The van der Waals surface area contributed by atoms with Crippen LogP contribution in [0.25, 0.3) is 0 Å². The number of unbranched alkanes of at least 4 members (excludes halogenated alkanes) is 28. The molecular weight excluding hydrogens is 1370 g/mol. The molecule has 2 amide bonds. The number of aryl methyl sites for hydroxylation is 4. The number of imide groups is 1. The van der Waals surface area contributed by atoms with Crippen LogP contribution in [-0.4, -0.2) is 67.2 Å². The van der Waals surface area contributed by atoms with Crippen molar-refractivity contribution in [2.75, 3.05) is 13.1 Å². The minimum atomic E-state index is -0.325. The second kappa shape index (κ2) is 46.4. The van der Waals surface area contributed by atoms with E-state index in [9.17, 15) is 20.4 Å². The van der Waals surface area contributed by atoms with Crippen molar-refractivity contribution < 1.29 is 30.0 Å². The van der Waals surface area contributed by atoms with E-state index in [1.54, 1.807) is 4.90 Å². The Hall–Kier alpha value is -4.82. The van der Waals surface area contributed by atoms with Crippen molar-refractivity contribution >= 4 is 11.8 Å². The Labute approximate surface area is 691 Å². The molecule has 8 nitrogen and oxygen atoms in total. The first-order valence-electron chi connectivity index (χ1n) is 46.2. The SMILES string of the molecule is CCCCCCCCCCCCCCCCCC(=O)N(CCN(C(CCc1cc(C(C)(C)C)c(O)c(C(C)(C)C)c1)CCc1cc(C(C)(C)C)c(O)c(C(C)(C)C)c1)C(CCc1cc(C(C)(C)C)c(O)c(C(C)(C)C)c1)CCc1cc(C(C)(C)C)c(O)c(C(C)(C)C)c1)C(=O)CCCCCCCCCCCCCCCCC. The zero-order valence-electron chi connectivity index (χ0n) is 78.0. The van der Waals surface area contributed by atoms with Crippen molar-refractivity contribution in [2.24, 2.45) is 0 Å². The number of hydrogen-bond acceptors (Lipinski definition) is 7. The van der Waals surface area contributed by atoms with Crippen molar-refractivity contribution in [1.29, 1.82) is 0 Å². The van der Waals surface area contributed by atoms with Crippen LogP contribution in [0.1, 0.15) is 478 Å².